The average molecular weight is 325 g/mol. The predicted molar refractivity (Wildman–Crippen MR) is 90.0 cm³/mol. The highest BCUT2D eigenvalue weighted by molar-refractivity contribution is 5.93. The number of aromatic amines is 1. The van der Waals surface area contributed by atoms with Crippen molar-refractivity contribution in [3.8, 4) is 17.2 Å². The minimum Gasteiger partial charge on any atom is -0.492 e. The van der Waals surface area contributed by atoms with Crippen LogP contribution in [0.5, 0.6) is 5.75 Å². The third-order valence-electron chi connectivity index (χ3n) is 3.46. The minimum atomic E-state index is -0.256. The average Bonchev–Trinajstić information content (AvgIpc) is 3.20. The molecule has 0 atom stereocenters. The van der Waals surface area contributed by atoms with Crippen molar-refractivity contribution < 1.29 is 13.9 Å². The lowest BCUT2D eigenvalue weighted by atomic mass is 10.2. The van der Waals surface area contributed by atoms with Gasteiger partial charge in [-0.15, -0.1) is 0 Å². The number of hydrogen-bond donors (Lipinski definition) is 2. The molecule has 124 valence electrons. The van der Waals surface area contributed by atoms with Crippen LogP contribution in [0.25, 0.3) is 11.5 Å². The van der Waals surface area contributed by atoms with Crippen molar-refractivity contribution >= 4 is 5.91 Å². The first kappa shape index (κ1) is 15.9. The van der Waals surface area contributed by atoms with Gasteiger partial charge in [-0.3, -0.25) is 9.89 Å². The quantitative estimate of drug-likeness (QED) is 0.683. The minimum absolute atomic E-state index is 0.256. The van der Waals surface area contributed by atoms with Crippen LogP contribution in [0.3, 0.4) is 0 Å². The summed E-state index contributed by atoms with van der Waals surface area (Å²) >= 11 is 0. The number of carbonyl (C=O) groups is 1. The van der Waals surface area contributed by atoms with Gasteiger partial charge in [0.1, 0.15) is 23.8 Å². The zero-order chi connectivity index (χ0) is 16.9. The van der Waals surface area contributed by atoms with Crippen molar-refractivity contribution in [1.82, 2.24) is 15.5 Å². The number of rotatable bonds is 6. The van der Waals surface area contributed by atoms with Gasteiger partial charge in [0.2, 0.25) is 0 Å². The van der Waals surface area contributed by atoms with E-state index >= 15 is 0 Å². The van der Waals surface area contributed by atoms with E-state index in [9.17, 15) is 4.79 Å². The number of aryl methyl sites for hydroxylation is 2. The molecular formula is C18H19N3O3. The number of hydrogen-bond acceptors (Lipinski definition) is 4. The molecule has 2 N–H and O–H groups in total. The number of nitrogens with zero attached hydrogens (tertiary/aromatic N) is 1. The lowest BCUT2D eigenvalue weighted by Crippen LogP contribution is -2.28. The fourth-order valence-corrected chi connectivity index (χ4v) is 2.27. The molecule has 3 aromatic rings. The number of ether oxygens (including phenoxy) is 1. The van der Waals surface area contributed by atoms with Gasteiger partial charge in [-0.25, -0.2) is 0 Å². The molecule has 2 heterocycles. The SMILES string of the molecule is Cc1cccc(OCCNC(=O)c2cc(-c3ccc(C)o3)[nH]n2)c1. The van der Waals surface area contributed by atoms with E-state index < -0.39 is 0 Å². The lowest BCUT2D eigenvalue weighted by molar-refractivity contribution is 0.0942. The van der Waals surface area contributed by atoms with Gasteiger partial charge >= 0.3 is 0 Å². The van der Waals surface area contributed by atoms with E-state index in [1.54, 1.807) is 6.07 Å². The summed E-state index contributed by atoms with van der Waals surface area (Å²) in [5.74, 6) is 1.99. The maximum absolute atomic E-state index is 12.1. The van der Waals surface area contributed by atoms with E-state index in [-0.39, 0.29) is 5.91 Å². The molecule has 0 spiro atoms. The summed E-state index contributed by atoms with van der Waals surface area (Å²) in [5.41, 5.74) is 2.12. The standard InChI is InChI=1S/C18H19N3O3/c1-12-4-3-5-14(10-12)23-9-8-19-18(22)16-11-15(20-21-16)17-7-6-13(2)24-17/h3-7,10-11H,8-9H2,1-2H3,(H,19,22)(H,20,21). The van der Waals surface area contributed by atoms with Crippen molar-refractivity contribution in [3.63, 3.8) is 0 Å². The van der Waals surface area contributed by atoms with E-state index in [0.29, 0.717) is 30.3 Å². The fraction of sp³-hybridized carbons (Fsp3) is 0.222. The van der Waals surface area contributed by atoms with Crippen LogP contribution < -0.4 is 10.1 Å². The van der Waals surface area contributed by atoms with Crippen molar-refractivity contribution in [3.05, 3.63) is 59.5 Å². The van der Waals surface area contributed by atoms with E-state index in [1.807, 2.05) is 50.2 Å². The Labute approximate surface area is 139 Å². The van der Waals surface area contributed by atoms with Gasteiger partial charge in [0.25, 0.3) is 5.91 Å². The van der Waals surface area contributed by atoms with Crippen LogP contribution >= 0.6 is 0 Å². The van der Waals surface area contributed by atoms with Crippen molar-refractivity contribution in [2.24, 2.45) is 0 Å². The number of amides is 1. The number of H-pyrrole nitrogens is 1. The molecule has 24 heavy (non-hydrogen) atoms. The molecule has 0 aliphatic carbocycles. The number of benzene rings is 1. The van der Waals surface area contributed by atoms with Gasteiger partial charge in [-0.2, -0.15) is 5.10 Å². The van der Waals surface area contributed by atoms with E-state index in [0.717, 1.165) is 17.1 Å². The normalized spacial score (nSPS) is 10.6. The fourth-order valence-electron chi connectivity index (χ4n) is 2.27. The van der Waals surface area contributed by atoms with Crippen molar-refractivity contribution in [2.45, 2.75) is 13.8 Å². The zero-order valence-electron chi connectivity index (χ0n) is 13.6. The Bertz CT molecular complexity index is 835. The molecule has 6 nitrogen and oxygen atoms in total. The summed E-state index contributed by atoms with van der Waals surface area (Å²) in [7, 11) is 0. The summed E-state index contributed by atoms with van der Waals surface area (Å²) < 4.78 is 11.1. The van der Waals surface area contributed by atoms with Gasteiger partial charge in [0.05, 0.1) is 6.54 Å². The number of nitrogens with one attached hydrogen (secondary N) is 2. The van der Waals surface area contributed by atoms with Crippen LogP contribution in [0.4, 0.5) is 0 Å². The Morgan fingerprint density at radius 1 is 1.25 bits per heavy atom. The first-order valence-corrected chi connectivity index (χ1v) is 7.72. The highest BCUT2D eigenvalue weighted by Gasteiger charge is 2.12. The van der Waals surface area contributed by atoms with Gasteiger partial charge in [0, 0.05) is 6.07 Å². The Balaban J connectivity index is 1.49. The van der Waals surface area contributed by atoms with Gasteiger partial charge in [-0.1, -0.05) is 12.1 Å². The molecule has 2 aromatic heterocycles. The van der Waals surface area contributed by atoms with Crippen molar-refractivity contribution in [1.29, 1.82) is 0 Å². The molecule has 0 aliphatic heterocycles. The molecule has 0 aliphatic rings. The predicted octanol–water partition coefficient (Wildman–Crippen LogP) is 3.10. The zero-order valence-corrected chi connectivity index (χ0v) is 13.6. The van der Waals surface area contributed by atoms with E-state index in [2.05, 4.69) is 15.5 Å². The molecule has 1 aromatic carbocycles. The number of carbonyl (C=O) groups excluding carboxylic acids is 1. The van der Waals surface area contributed by atoms with Gasteiger partial charge < -0.3 is 14.5 Å². The largest absolute Gasteiger partial charge is 0.492 e. The highest BCUT2D eigenvalue weighted by atomic mass is 16.5. The third kappa shape index (κ3) is 3.84. The van der Waals surface area contributed by atoms with Gasteiger partial charge in [-0.05, 0) is 43.7 Å². The highest BCUT2D eigenvalue weighted by Crippen LogP contribution is 2.20. The van der Waals surface area contributed by atoms with E-state index in [1.165, 1.54) is 0 Å². The number of furan rings is 1. The maximum atomic E-state index is 12.1. The summed E-state index contributed by atoms with van der Waals surface area (Å²) in [5, 5.41) is 9.59. The molecule has 1 amide bonds. The lowest BCUT2D eigenvalue weighted by Gasteiger charge is -2.07. The second-order valence-corrected chi connectivity index (χ2v) is 5.50. The molecular weight excluding hydrogens is 306 g/mol. The van der Waals surface area contributed by atoms with Crippen LogP contribution in [0, 0.1) is 13.8 Å². The second kappa shape index (κ2) is 7.04. The van der Waals surface area contributed by atoms with Crippen molar-refractivity contribution in [2.75, 3.05) is 13.2 Å². The first-order chi connectivity index (χ1) is 11.6. The van der Waals surface area contributed by atoms with Crippen LogP contribution in [-0.2, 0) is 0 Å². The van der Waals surface area contributed by atoms with Crippen LogP contribution in [0.15, 0.2) is 46.9 Å². The van der Waals surface area contributed by atoms with E-state index in [4.69, 9.17) is 9.15 Å². The summed E-state index contributed by atoms with van der Waals surface area (Å²) in [4.78, 5) is 12.1. The Kier molecular flexibility index (Phi) is 4.65. The second-order valence-electron chi connectivity index (χ2n) is 5.50. The Hall–Kier alpha value is -3.02. The molecule has 0 saturated heterocycles. The Morgan fingerprint density at radius 3 is 2.88 bits per heavy atom. The first-order valence-electron chi connectivity index (χ1n) is 7.72. The maximum Gasteiger partial charge on any atom is 0.271 e. The molecule has 6 heteroatoms. The summed E-state index contributed by atoms with van der Waals surface area (Å²) in [6.45, 7) is 4.66. The molecule has 0 fully saturated rings. The molecule has 3 rings (SSSR count). The molecule has 0 saturated carbocycles. The van der Waals surface area contributed by atoms with Crippen LogP contribution in [-0.4, -0.2) is 29.3 Å². The molecule has 0 unspecified atom stereocenters. The molecule has 0 radical (unpaired) electrons. The smallest absolute Gasteiger partial charge is 0.271 e. The Morgan fingerprint density at radius 2 is 2.12 bits per heavy atom. The summed E-state index contributed by atoms with van der Waals surface area (Å²) in [6.07, 6.45) is 0. The van der Waals surface area contributed by atoms with Crippen LogP contribution in [0.2, 0.25) is 0 Å². The third-order valence-corrected chi connectivity index (χ3v) is 3.46. The monoisotopic (exact) mass is 325 g/mol. The van der Waals surface area contributed by atoms with Gasteiger partial charge in [0.15, 0.2) is 11.5 Å². The topological polar surface area (TPSA) is 80.1 Å². The summed E-state index contributed by atoms with van der Waals surface area (Å²) in [6, 6.07) is 13.1. The van der Waals surface area contributed by atoms with Crippen LogP contribution in [0.1, 0.15) is 21.8 Å². The molecule has 0 bridgehead atoms. The number of aromatic nitrogens is 2.